The number of nitrogens with zero attached hydrogens (tertiary/aromatic N) is 3. The van der Waals surface area contributed by atoms with Gasteiger partial charge in [-0.25, -0.2) is 4.57 Å². The van der Waals surface area contributed by atoms with Gasteiger partial charge in [0, 0.05) is 29.3 Å². The molecular weight excluding hydrogens is 331 g/mol. The fraction of sp³-hybridized carbons (Fsp3) is 0.600. The van der Waals surface area contributed by atoms with Gasteiger partial charge in [0.25, 0.3) is 5.82 Å². The second-order valence-electron chi connectivity index (χ2n) is 2.01. The molecule has 5 heteroatoms. The minimum atomic E-state index is 0. The molecule has 0 spiro atoms. The molecule has 0 N–H and O–H groups in total. The molecule has 0 saturated carbocycles. The molecule has 1 rings (SSSR count). The SMILES string of the molecule is Cc1n(C)c([S-])n[n+]1C.[Au]. The zero-order valence-electron chi connectivity index (χ0n) is 6.05. The van der Waals surface area contributed by atoms with Gasteiger partial charge in [0.2, 0.25) is 0 Å². The van der Waals surface area contributed by atoms with Crippen molar-refractivity contribution in [3.63, 3.8) is 0 Å². The van der Waals surface area contributed by atoms with Gasteiger partial charge in [-0.1, -0.05) is 5.10 Å². The van der Waals surface area contributed by atoms with E-state index < -0.39 is 0 Å². The molecule has 1 heterocycles. The minimum absolute atomic E-state index is 0. The molecule has 0 amide bonds. The van der Waals surface area contributed by atoms with Gasteiger partial charge in [-0.15, -0.1) is 4.68 Å². The molecule has 1 radical (unpaired) electrons. The Morgan fingerprint density at radius 2 is 2.10 bits per heavy atom. The fourth-order valence-electron chi connectivity index (χ4n) is 0.623. The maximum Gasteiger partial charge on any atom is 0.273 e. The molecule has 1 aromatic rings. The third kappa shape index (κ3) is 1.58. The van der Waals surface area contributed by atoms with Gasteiger partial charge in [-0.2, -0.15) is 0 Å². The number of hydrogen-bond donors (Lipinski definition) is 0. The molecule has 3 nitrogen and oxygen atoms in total. The second-order valence-corrected chi connectivity index (χ2v) is 2.38. The number of aryl methyl sites for hydroxylation is 1. The summed E-state index contributed by atoms with van der Waals surface area (Å²) in [5.74, 6) is 1.07. The Morgan fingerprint density at radius 3 is 2.20 bits per heavy atom. The summed E-state index contributed by atoms with van der Waals surface area (Å²) in [6, 6.07) is 0. The summed E-state index contributed by atoms with van der Waals surface area (Å²) in [5.41, 5.74) is 0. The molecule has 0 bridgehead atoms. The van der Waals surface area contributed by atoms with Crippen molar-refractivity contribution in [1.82, 2.24) is 9.67 Å². The van der Waals surface area contributed by atoms with Crippen molar-refractivity contribution < 1.29 is 27.1 Å². The Balaban J connectivity index is 0.000000810. The van der Waals surface area contributed by atoms with Crippen molar-refractivity contribution in [3.8, 4) is 0 Å². The van der Waals surface area contributed by atoms with Crippen molar-refractivity contribution in [3.05, 3.63) is 5.82 Å². The van der Waals surface area contributed by atoms with Gasteiger partial charge in [0.1, 0.15) is 12.2 Å². The van der Waals surface area contributed by atoms with E-state index in [4.69, 9.17) is 12.6 Å². The predicted molar refractivity (Wildman–Crippen MR) is 34.8 cm³/mol. The number of aromatic nitrogens is 3. The van der Waals surface area contributed by atoms with Crippen molar-refractivity contribution in [2.45, 2.75) is 12.1 Å². The van der Waals surface area contributed by atoms with Crippen LogP contribution in [0.2, 0.25) is 0 Å². The zero-order valence-corrected chi connectivity index (χ0v) is 9.03. The first-order valence-electron chi connectivity index (χ1n) is 2.69. The van der Waals surface area contributed by atoms with E-state index in [0.717, 1.165) is 5.82 Å². The predicted octanol–water partition coefficient (Wildman–Crippen LogP) is -0.544. The molecule has 1 aromatic heterocycles. The molecule has 61 valence electrons. The third-order valence-corrected chi connectivity index (χ3v) is 1.83. The normalized spacial score (nSPS) is 9.10. The van der Waals surface area contributed by atoms with Gasteiger partial charge >= 0.3 is 0 Å². The zero-order chi connectivity index (χ0) is 7.02. The van der Waals surface area contributed by atoms with E-state index in [1.807, 2.05) is 25.6 Å². The molecule has 0 unspecified atom stereocenters. The average molecular weight is 340 g/mol. The Morgan fingerprint density at radius 1 is 1.60 bits per heavy atom. The molecule has 0 fully saturated rings. The van der Waals surface area contributed by atoms with Crippen LogP contribution in [0.4, 0.5) is 0 Å². The first kappa shape index (κ1) is 10.1. The summed E-state index contributed by atoms with van der Waals surface area (Å²) in [6.07, 6.45) is 0. The van der Waals surface area contributed by atoms with Gasteiger partial charge in [0.15, 0.2) is 0 Å². The van der Waals surface area contributed by atoms with Crippen LogP contribution in [-0.2, 0) is 49.1 Å². The van der Waals surface area contributed by atoms with Crippen LogP contribution < -0.4 is 4.68 Å². The Kier molecular flexibility index (Phi) is 3.51. The Bertz CT molecular complexity index is 211. The van der Waals surface area contributed by atoms with Gasteiger partial charge in [-0.3, -0.25) is 0 Å². The van der Waals surface area contributed by atoms with Crippen LogP contribution in [0.5, 0.6) is 0 Å². The van der Waals surface area contributed by atoms with Crippen LogP contribution in [-0.4, -0.2) is 9.67 Å². The van der Waals surface area contributed by atoms with E-state index in [2.05, 4.69) is 5.10 Å². The van der Waals surface area contributed by atoms with Gasteiger partial charge in [-0.05, 0) is 0 Å². The molecule has 0 saturated heterocycles. The van der Waals surface area contributed by atoms with E-state index in [1.54, 1.807) is 4.68 Å². The molecular formula is C5H9AuN3S. The first-order chi connectivity index (χ1) is 4.13. The summed E-state index contributed by atoms with van der Waals surface area (Å²) in [6.45, 7) is 1.98. The second kappa shape index (κ2) is 3.48. The van der Waals surface area contributed by atoms with Crippen LogP contribution in [0, 0.1) is 6.92 Å². The monoisotopic (exact) mass is 340 g/mol. The van der Waals surface area contributed by atoms with E-state index in [-0.39, 0.29) is 22.4 Å². The fourth-order valence-corrected chi connectivity index (χ4v) is 0.878. The Hall–Kier alpha value is 0.100. The van der Waals surface area contributed by atoms with Crippen molar-refractivity contribution >= 4 is 12.6 Å². The number of rotatable bonds is 0. The maximum atomic E-state index is 4.89. The van der Waals surface area contributed by atoms with Crippen LogP contribution in [0.1, 0.15) is 5.82 Å². The van der Waals surface area contributed by atoms with E-state index in [1.165, 1.54) is 0 Å². The minimum Gasteiger partial charge on any atom is -0.713 e. The van der Waals surface area contributed by atoms with Crippen molar-refractivity contribution in [1.29, 1.82) is 0 Å². The standard InChI is InChI=1S/C5H9N3S.Au/c1-4-7(2)5(9)6-8(4)3;/h1-3H3;. The van der Waals surface area contributed by atoms with E-state index in [9.17, 15) is 0 Å². The quantitative estimate of drug-likeness (QED) is 0.359. The summed E-state index contributed by atoms with van der Waals surface area (Å²) in [5, 5.41) is 4.64. The molecule has 0 atom stereocenters. The van der Waals surface area contributed by atoms with Gasteiger partial charge < -0.3 is 12.6 Å². The first-order valence-corrected chi connectivity index (χ1v) is 3.10. The largest absolute Gasteiger partial charge is 0.713 e. The summed E-state index contributed by atoms with van der Waals surface area (Å²) >= 11 is 4.89. The maximum absolute atomic E-state index is 4.89. The average Bonchev–Trinajstić information content (AvgIpc) is 1.98. The Labute approximate surface area is 81.4 Å². The molecule has 0 aliphatic rings. The summed E-state index contributed by atoms with van der Waals surface area (Å²) in [7, 11) is 3.79. The van der Waals surface area contributed by atoms with Crippen LogP contribution in [0.3, 0.4) is 0 Å². The van der Waals surface area contributed by atoms with Crippen molar-refractivity contribution in [2.75, 3.05) is 0 Å². The topological polar surface area (TPSA) is 21.7 Å². The van der Waals surface area contributed by atoms with E-state index in [0.29, 0.717) is 5.16 Å². The van der Waals surface area contributed by atoms with Crippen LogP contribution in [0.25, 0.3) is 0 Å². The van der Waals surface area contributed by atoms with E-state index >= 15 is 0 Å². The van der Waals surface area contributed by atoms with Gasteiger partial charge in [0.05, 0.1) is 7.05 Å². The van der Waals surface area contributed by atoms with Crippen molar-refractivity contribution in [2.24, 2.45) is 14.1 Å². The molecule has 0 aromatic carbocycles. The summed E-state index contributed by atoms with van der Waals surface area (Å²) < 4.78 is 3.64. The van der Waals surface area contributed by atoms with Crippen LogP contribution in [0.15, 0.2) is 5.16 Å². The molecule has 10 heavy (non-hydrogen) atoms. The third-order valence-electron chi connectivity index (χ3n) is 1.48. The molecule has 0 aliphatic carbocycles. The number of hydrogen-bond acceptors (Lipinski definition) is 2. The summed E-state index contributed by atoms with van der Waals surface area (Å²) in [4.78, 5) is 0. The molecule has 0 aliphatic heterocycles. The smallest absolute Gasteiger partial charge is 0.273 e. The van der Waals surface area contributed by atoms with Crippen LogP contribution >= 0.6 is 0 Å².